The Bertz CT molecular complexity index is 777. The van der Waals surface area contributed by atoms with Crippen molar-refractivity contribution in [3.8, 4) is 5.75 Å². The van der Waals surface area contributed by atoms with Gasteiger partial charge in [-0.2, -0.15) is 0 Å². The molecule has 0 radical (unpaired) electrons. The van der Waals surface area contributed by atoms with Gasteiger partial charge < -0.3 is 15.0 Å². The predicted molar refractivity (Wildman–Crippen MR) is 89.4 cm³/mol. The monoisotopic (exact) mass is 292 g/mol. The van der Waals surface area contributed by atoms with Gasteiger partial charge in [-0.1, -0.05) is 36.4 Å². The average Bonchev–Trinajstić information content (AvgIpc) is 2.76. The van der Waals surface area contributed by atoms with Crippen molar-refractivity contribution < 1.29 is 4.74 Å². The van der Waals surface area contributed by atoms with Gasteiger partial charge in [0.1, 0.15) is 12.4 Å². The first kappa shape index (κ1) is 13.4. The highest BCUT2D eigenvalue weighted by Crippen LogP contribution is 2.33. The van der Waals surface area contributed by atoms with E-state index in [0.29, 0.717) is 6.61 Å². The zero-order chi connectivity index (χ0) is 14.8. The van der Waals surface area contributed by atoms with E-state index >= 15 is 0 Å². The first-order valence-electron chi connectivity index (χ1n) is 7.92. The van der Waals surface area contributed by atoms with E-state index in [-0.39, 0.29) is 0 Å². The Morgan fingerprint density at radius 2 is 1.77 bits per heavy atom. The normalized spacial score (nSPS) is 14.5. The summed E-state index contributed by atoms with van der Waals surface area (Å²) < 4.78 is 6.13. The lowest BCUT2D eigenvalue weighted by Crippen LogP contribution is -2.16. The van der Waals surface area contributed by atoms with Crippen LogP contribution in [0, 0.1) is 0 Å². The summed E-state index contributed by atoms with van der Waals surface area (Å²) in [6.07, 6.45) is 2.11. The Balaban J connectivity index is 1.69. The Morgan fingerprint density at radius 3 is 2.68 bits per heavy atom. The maximum absolute atomic E-state index is 6.13. The molecule has 2 N–H and O–H groups in total. The van der Waals surface area contributed by atoms with E-state index in [1.165, 1.54) is 27.7 Å². The highest BCUT2D eigenvalue weighted by molar-refractivity contribution is 5.90. The van der Waals surface area contributed by atoms with Gasteiger partial charge in [0, 0.05) is 29.6 Å². The Kier molecular flexibility index (Phi) is 3.57. The van der Waals surface area contributed by atoms with Crippen LogP contribution in [0.4, 0.5) is 0 Å². The Labute approximate surface area is 130 Å². The van der Waals surface area contributed by atoms with E-state index < -0.39 is 0 Å². The zero-order valence-corrected chi connectivity index (χ0v) is 12.6. The highest BCUT2D eigenvalue weighted by atomic mass is 16.5. The topological polar surface area (TPSA) is 37.0 Å². The standard InChI is InChI=1S/C19H20N2O/c1-2-5-14(6-3-1)13-22-18-8-4-7-17-19(18)15-9-11-20-12-10-16(15)21-17/h1-8,20-21H,9-13H2. The molecule has 2 aromatic carbocycles. The third kappa shape index (κ3) is 2.48. The molecule has 0 aliphatic carbocycles. The molecule has 0 saturated carbocycles. The van der Waals surface area contributed by atoms with Crippen molar-refractivity contribution in [3.63, 3.8) is 0 Å². The molecule has 0 spiro atoms. The van der Waals surface area contributed by atoms with E-state index in [0.717, 1.165) is 31.7 Å². The summed E-state index contributed by atoms with van der Waals surface area (Å²) >= 11 is 0. The van der Waals surface area contributed by atoms with Crippen LogP contribution in [0.1, 0.15) is 16.8 Å². The summed E-state index contributed by atoms with van der Waals surface area (Å²) in [6.45, 7) is 2.69. The third-order valence-electron chi connectivity index (χ3n) is 4.32. The minimum absolute atomic E-state index is 0.609. The Hall–Kier alpha value is -2.26. The molecule has 0 bridgehead atoms. The summed E-state index contributed by atoms with van der Waals surface area (Å²) in [5, 5.41) is 4.72. The number of aromatic nitrogens is 1. The molecule has 1 aliphatic heterocycles. The van der Waals surface area contributed by atoms with Crippen LogP contribution in [-0.2, 0) is 19.4 Å². The number of nitrogens with one attached hydrogen (secondary N) is 2. The minimum Gasteiger partial charge on any atom is -0.488 e. The molecule has 0 fully saturated rings. The largest absolute Gasteiger partial charge is 0.488 e. The minimum atomic E-state index is 0.609. The van der Waals surface area contributed by atoms with Gasteiger partial charge in [0.05, 0.1) is 0 Å². The summed E-state index contributed by atoms with van der Waals surface area (Å²) in [6, 6.07) is 16.6. The number of benzene rings is 2. The molecule has 0 unspecified atom stereocenters. The number of hydrogen-bond donors (Lipinski definition) is 2. The molecular weight excluding hydrogens is 272 g/mol. The van der Waals surface area contributed by atoms with Crippen LogP contribution >= 0.6 is 0 Å². The van der Waals surface area contributed by atoms with Crippen molar-refractivity contribution in [1.82, 2.24) is 10.3 Å². The third-order valence-corrected chi connectivity index (χ3v) is 4.32. The van der Waals surface area contributed by atoms with Gasteiger partial charge in [-0.05, 0) is 36.2 Å². The maximum atomic E-state index is 6.13. The second-order valence-corrected chi connectivity index (χ2v) is 5.79. The van der Waals surface area contributed by atoms with E-state index in [9.17, 15) is 0 Å². The quantitative estimate of drug-likeness (QED) is 0.776. The first-order valence-corrected chi connectivity index (χ1v) is 7.92. The molecule has 0 amide bonds. The van der Waals surface area contributed by atoms with Gasteiger partial charge in [0.25, 0.3) is 0 Å². The lowest BCUT2D eigenvalue weighted by Gasteiger charge is -2.09. The van der Waals surface area contributed by atoms with Gasteiger partial charge in [-0.3, -0.25) is 0 Å². The van der Waals surface area contributed by atoms with Gasteiger partial charge in [-0.25, -0.2) is 0 Å². The van der Waals surface area contributed by atoms with Crippen molar-refractivity contribution in [1.29, 1.82) is 0 Å². The molecule has 3 heteroatoms. The van der Waals surface area contributed by atoms with Crippen LogP contribution in [-0.4, -0.2) is 18.1 Å². The summed E-state index contributed by atoms with van der Waals surface area (Å²) in [4.78, 5) is 3.57. The lowest BCUT2D eigenvalue weighted by atomic mass is 10.1. The summed E-state index contributed by atoms with van der Waals surface area (Å²) in [5.41, 5.74) is 5.17. The second kappa shape index (κ2) is 5.85. The van der Waals surface area contributed by atoms with Crippen LogP contribution in [0.15, 0.2) is 48.5 Å². The average molecular weight is 292 g/mol. The molecule has 2 heterocycles. The molecule has 1 aliphatic rings. The van der Waals surface area contributed by atoms with Crippen LogP contribution < -0.4 is 10.1 Å². The number of ether oxygens (including phenoxy) is 1. The van der Waals surface area contributed by atoms with E-state index in [1.54, 1.807) is 0 Å². The molecule has 4 rings (SSSR count). The van der Waals surface area contributed by atoms with Gasteiger partial charge in [-0.15, -0.1) is 0 Å². The number of fused-ring (bicyclic) bond motifs is 3. The number of aromatic amines is 1. The SMILES string of the molecule is c1ccc(COc2cccc3[nH]c4c(c23)CCNCC4)cc1. The zero-order valence-electron chi connectivity index (χ0n) is 12.6. The van der Waals surface area contributed by atoms with Crippen LogP contribution in [0.5, 0.6) is 5.75 Å². The molecule has 22 heavy (non-hydrogen) atoms. The smallest absolute Gasteiger partial charge is 0.129 e. The number of rotatable bonds is 3. The van der Waals surface area contributed by atoms with Crippen molar-refractivity contribution in [2.24, 2.45) is 0 Å². The van der Waals surface area contributed by atoms with Crippen molar-refractivity contribution in [2.75, 3.05) is 13.1 Å². The Morgan fingerprint density at radius 1 is 0.909 bits per heavy atom. The molecular formula is C19H20N2O. The molecule has 3 nitrogen and oxygen atoms in total. The first-order chi connectivity index (χ1) is 10.9. The second-order valence-electron chi connectivity index (χ2n) is 5.79. The lowest BCUT2D eigenvalue weighted by molar-refractivity contribution is 0.310. The van der Waals surface area contributed by atoms with Gasteiger partial charge in [0.15, 0.2) is 0 Å². The fourth-order valence-corrected chi connectivity index (χ4v) is 3.23. The van der Waals surface area contributed by atoms with Crippen molar-refractivity contribution in [2.45, 2.75) is 19.4 Å². The maximum Gasteiger partial charge on any atom is 0.129 e. The molecule has 1 aromatic heterocycles. The molecule has 0 atom stereocenters. The van der Waals surface area contributed by atoms with Crippen molar-refractivity contribution in [3.05, 3.63) is 65.4 Å². The van der Waals surface area contributed by atoms with Crippen molar-refractivity contribution >= 4 is 10.9 Å². The summed E-state index contributed by atoms with van der Waals surface area (Å²) in [5.74, 6) is 0.987. The predicted octanol–water partition coefficient (Wildman–Crippen LogP) is 3.44. The van der Waals surface area contributed by atoms with Gasteiger partial charge >= 0.3 is 0 Å². The van der Waals surface area contributed by atoms with Gasteiger partial charge in [0.2, 0.25) is 0 Å². The van der Waals surface area contributed by atoms with Crippen LogP contribution in [0.3, 0.4) is 0 Å². The van der Waals surface area contributed by atoms with E-state index in [4.69, 9.17) is 4.74 Å². The van der Waals surface area contributed by atoms with E-state index in [2.05, 4.69) is 40.6 Å². The van der Waals surface area contributed by atoms with Crippen LogP contribution in [0.25, 0.3) is 10.9 Å². The molecule has 112 valence electrons. The van der Waals surface area contributed by atoms with Crippen LogP contribution in [0.2, 0.25) is 0 Å². The fraction of sp³-hybridized carbons (Fsp3) is 0.263. The fourth-order valence-electron chi connectivity index (χ4n) is 3.23. The number of H-pyrrole nitrogens is 1. The van der Waals surface area contributed by atoms with E-state index in [1.807, 2.05) is 18.2 Å². The number of hydrogen-bond acceptors (Lipinski definition) is 2. The highest BCUT2D eigenvalue weighted by Gasteiger charge is 2.17. The molecule has 3 aromatic rings. The summed E-state index contributed by atoms with van der Waals surface area (Å²) in [7, 11) is 0. The molecule has 0 saturated heterocycles.